The summed E-state index contributed by atoms with van der Waals surface area (Å²) in [6.45, 7) is 0. The molecule has 1 rings (SSSR count). The van der Waals surface area contributed by atoms with E-state index < -0.39 is 0 Å². The molecule has 0 bridgehead atoms. The number of nitrogens with zero attached hydrogens (tertiary/aromatic N) is 1. The number of rotatable bonds is 1. The zero-order valence-electron chi connectivity index (χ0n) is 5.34. The summed E-state index contributed by atoms with van der Waals surface area (Å²) in [5, 5.41) is 0. The standard InChI is InChI=1S/C6H8BrN3/c7-6-3-5(4-10-8)1-2-9-6/h1-2,4,10H,3,8H2. The summed E-state index contributed by atoms with van der Waals surface area (Å²) in [7, 11) is 0. The van der Waals surface area contributed by atoms with E-state index in [-0.39, 0.29) is 0 Å². The first-order valence-electron chi connectivity index (χ1n) is 2.87. The highest BCUT2D eigenvalue weighted by Gasteiger charge is 2.00. The van der Waals surface area contributed by atoms with Crippen molar-refractivity contribution in [1.82, 2.24) is 5.43 Å². The third-order valence-electron chi connectivity index (χ3n) is 1.12. The fraction of sp³-hybridized carbons (Fsp3) is 0.167. The monoisotopic (exact) mass is 201 g/mol. The molecule has 4 heteroatoms. The van der Waals surface area contributed by atoms with Crippen molar-refractivity contribution in [3.8, 4) is 0 Å². The fourth-order valence-electron chi connectivity index (χ4n) is 0.693. The van der Waals surface area contributed by atoms with E-state index in [0.717, 1.165) is 16.6 Å². The highest BCUT2D eigenvalue weighted by Crippen LogP contribution is 2.12. The molecule has 1 aliphatic rings. The Bertz CT molecular complexity index is 202. The second kappa shape index (κ2) is 3.53. The van der Waals surface area contributed by atoms with Gasteiger partial charge in [0, 0.05) is 18.8 Å². The van der Waals surface area contributed by atoms with Crippen molar-refractivity contribution in [2.75, 3.05) is 0 Å². The molecule has 54 valence electrons. The molecule has 0 spiro atoms. The van der Waals surface area contributed by atoms with E-state index in [9.17, 15) is 0 Å². The molecule has 0 atom stereocenters. The van der Waals surface area contributed by atoms with E-state index in [2.05, 4.69) is 26.3 Å². The first-order chi connectivity index (χ1) is 4.83. The Morgan fingerprint density at radius 1 is 1.80 bits per heavy atom. The van der Waals surface area contributed by atoms with Crippen LogP contribution < -0.4 is 11.3 Å². The molecule has 3 nitrogen and oxygen atoms in total. The number of hydrogen-bond acceptors (Lipinski definition) is 3. The highest BCUT2D eigenvalue weighted by molar-refractivity contribution is 9.18. The summed E-state index contributed by atoms with van der Waals surface area (Å²) in [6.07, 6.45) is 6.19. The van der Waals surface area contributed by atoms with Crippen LogP contribution in [0, 0.1) is 0 Å². The number of nitrogens with two attached hydrogens (primary N) is 1. The molecule has 0 aromatic heterocycles. The predicted molar refractivity (Wildman–Crippen MR) is 45.5 cm³/mol. The van der Waals surface area contributed by atoms with Crippen LogP contribution in [0.5, 0.6) is 0 Å². The van der Waals surface area contributed by atoms with Crippen LogP contribution in [0.25, 0.3) is 0 Å². The average Bonchev–Trinajstić information content (AvgIpc) is 1.88. The molecule has 0 saturated carbocycles. The SMILES string of the molecule is NNC=C1C=CN=C(Br)C1. The third-order valence-corrected chi connectivity index (χ3v) is 1.61. The smallest absolute Gasteiger partial charge is 0.0873 e. The largest absolute Gasteiger partial charge is 0.331 e. The van der Waals surface area contributed by atoms with Gasteiger partial charge in [-0.2, -0.15) is 0 Å². The molecule has 1 aliphatic heterocycles. The minimum absolute atomic E-state index is 0.806. The summed E-state index contributed by atoms with van der Waals surface area (Å²) < 4.78 is 0.927. The van der Waals surface area contributed by atoms with Crippen molar-refractivity contribution in [3.05, 3.63) is 24.0 Å². The van der Waals surface area contributed by atoms with Gasteiger partial charge in [0.05, 0.1) is 4.62 Å². The van der Waals surface area contributed by atoms with Gasteiger partial charge in [-0.15, -0.1) is 0 Å². The van der Waals surface area contributed by atoms with Crippen LogP contribution in [0.1, 0.15) is 6.42 Å². The maximum absolute atomic E-state index is 5.09. The van der Waals surface area contributed by atoms with Gasteiger partial charge in [-0.25, -0.2) is 0 Å². The first kappa shape index (κ1) is 7.50. The van der Waals surface area contributed by atoms with Crippen LogP contribution >= 0.6 is 15.9 Å². The van der Waals surface area contributed by atoms with Crippen LogP contribution in [-0.4, -0.2) is 4.62 Å². The van der Waals surface area contributed by atoms with Crippen LogP contribution in [0.3, 0.4) is 0 Å². The molecule has 1 heterocycles. The lowest BCUT2D eigenvalue weighted by Gasteiger charge is -2.03. The van der Waals surface area contributed by atoms with Crippen molar-refractivity contribution in [3.63, 3.8) is 0 Å². The van der Waals surface area contributed by atoms with Crippen LogP contribution in [-0.2, 0) is 0 Å². The molecule has 0 amide bonds. The molecule has 0 fully saturated rings. The summed E-state index contributed by atoms with van der Waals surface area (Å²) in [4.78, 5) is 4.01. The van der Waals surface area contributed by atoms with Crippen LogP contribution in [0.4, 0.5) is 0 Å². The third kappa shape index (κ3) is 1.97. The zero-order chi connectivity index (χ0) is 7.40. The zero-order valence-corrected chi connectivity index (χ0v) is 6.93. The molecule has 0 saturated heterocycles. The van der Waals surface area contributed by atoms with E-state index in [1.165, 1.54) is 0 Å². The first-order valence-corrected chi connectivity index (χ1v) is 3.66. The number of hydrazine groups is 1. The summed E-state index contributed by atoms with van der Waals surface area (Å²) in [6, 6.07) is 0. The second-order valence-corrected chi connectivity index (χ2v) is 2.80. The molecule has 0 aliphatic carbocycles. The van der Waals surface area contributed by atoms with E-state index >= 15 is 0 Å². The number of hydrogen-bond donors (Lipinski definition) is 2. The van der Waals surface area contributed by atoms with Gasteiger partial charge < -0.3 is 5.43 Å². The van der Waals surface area contributed by atoms with E-state index in [0.29, 0.717) is 0 Å². The number of nitrogens with one attached hydrogen (secondary N) is 1. The lowest BCUT2D eigenvalue weighted by Crippen LogP contribution is -2.14. The van der Waals surface area contributed by atoms with Crippen molar-refractivity contribution in [2.24, 2.45) is 10.8 Å². The Morgan fingerprint density at radius 2 is 2.60 bits per heavy atom. The van der Waals surface area contributed by atoms with Gasteiger partial charge in [-0.3, -0.25) is 10.8 Å². The summed E-state index contributed by atoms with van der Waals surface area (Å²) >= 11 is 3.29. The van der Waals surface area contributed by atoms with Crippen LogP contribution in [0.15, 0.2) is 29.0 Å². The Labute approximate surface area is 67.8 Å². The van der Waals surface area contributed by atoms with Gasteiger partial charge in [0.2, 0.25) is 0 Å². The molecule has 0 unspecified atom stereocenters. The minimum atomic E-state index is 0.806. The van der Waals surface area contributed by atoms with Crippen molar-refractivity contribution < 1.29 is 0 Å². The Kier molecular flexibility index (Phi) is 2.65. The van der Waals surface area contributed by atoms with Crippen LogP contribution in [0.2, 0.25) is 0 Å². The lowest BCUT2D eigenvalue weighted by molar-refractivity contribution is 0.951. The molecule has 0 aromatic carbocycles. The Morgan fingerprint density at radius 3 is 3.20 bits per heavy atom. The lowest BCUT2D eigenvalue weighted by atomic mass is 10.2. The van der Waals surface area contributed by atoms with E-state index in [1.807, 2.05) is 6.08 Å². The highest BCUT2D eigenvalue weighted by atomic mass is 79.9. The van der Waals surface area contributed by atoms with Gasteiger partial charge in [-0.1, -0.05) is 0 Å². The normalized spacial score (nSPS) is 21.0. The number of halogens is 1. The fourth-order valence-corrected chi connectivity index (χ4v) is 1.14. The van der Waals surface area contributed by atoms with Crippen molar-refractivity contribution >= 4 is 20.6 Å². The quantitative estimate of drug-likeness (QED) is 0.493. The van der Waals surface area contributed by atoms with Gasteiger partial charge in [0.1, 0.15) is 0 Å². The van der Waals surface area contributed by atoms with Gasteiger partial charge >= 0.3 is 0 Å². The average molecular weight is 202 g/mol. The van der Waals surface area contributed by atoms with Gasteiger partial charge in [0.15, 0.2) is 0 Å². The second-order valence-electron chi connectivity index (χ2n) is 1.88. The Hall–Kier alpha value is -0.610. The van der Waals surface area contributed by atoms with Gasteiger partial charge in [0.25, 0.3) is 0 Å². The van der Waals surface area contributed by atoms with Crippen molar-refractivity contribution in [2.45, 2.75) is 6.42 Å². The molecular weight excluding hydrogens is 194 g/mol. The maximum Gasteiger partial charge on any atom is 0.0873 e. The molecule has 3 N–H and O–H groups in total. The maximum atomic E-state index is 5.09. The van der Waals surface area contributed by atoms with Gasteiger partial charge in [-0.05, 0) is 27.6 Å². The van der Waals surface area contributed by atoms with Crippen molar-refractivity contribution in [1.29, 1.82) is 0 Å². The van der Waals surface area contributed by atoms with E-state index in [1.54, 1.807) is 12.4 Å². The molecule has 0 aromatic rings. The minimum Gasteiger partial charge on any atom is -0.331 e. The topological polar surface area (TPSA) is 50.4 Å². The number of aliphatic imine (C=N–C) groups is 1. The molecular formula is C6H8BrN3. The Balaban J connectivity index is 2.64. The van der Waals surface area contributed by atoms with E-state index in [4.69, 9.17) is 5.84 Å². The predicted octanol–water partition coefficient (Wildman–Crippen LogP) is 1.04. The molecule has 10 heavy (non-hydrogen) atoms. The summed E-state index contributed by atoms with van der Waals surface area (Å²) in [5.74, 6) is 5.09. The number of allylic oxidation sites excluding steroid dienone is 2. The summed E-state index contributed by atoms with van der Waals surface area (Å²) in [5.41, 5.74) is 3.58. The molecule has 0 radical (unpaired) electrons.